The van der Waals surface area contributed by atoms with Gasteiger partial charge in [0.25, 0.3) is 0 Å². The number of rotatable bonds is 7. The van der Waals surface area contributed by atoms with Crippen LogP contribution < -0.4 is 10.6 Å². The summed E-state index contributed by atoms with van der Waals surface area (Å²) < 4.78 is 0. The molecule has 1 atom stereocenters. The fourth-order valence-corrected chi connectivity index (χ4v) is 2.18. The van der Waals surface area contributed by atoms with Crippen LogP contribution in [0.2, 0.25) is 0 Å². The zero-order valence-corrected chi connectivity index (χ0v) is 12.9. The van der Waals surface area contributed by atoms with E-state index in [1.165, 1.54) is 6.92 Å². The third-order valence-corrected chi connectivity index (χ3v) is 3.53. The smallest absolute Gasteiger partial charge is 0.319 e. The number of hydrogen-bond acceptors (Lipinski definition) is 3. The molecule has 0 spiro atoms. The number of carbonyl (C=O) groups excluding carboxylic acids is 2. The quantitative estimate of drug-likeness (QED) is 0.676. The highest BCUT2D eigenvalue weighted by molar-refractivity contribution is 5.96. The van der Waals surface area contributed by atoms with Gasteiger partial charge in [-0.25, -0.2) is 4.79 Å². The molecule has 0 bridgehead atoms. The first-order valence-electron chi connectivity index (χ1n) is 7.25. The molecule has 0 aliphatic rings. The fraction of sp³-hybridized carbons (Fsp3) is 0.500. The summed E-state index contributed by atoms with van der Waals surface area (Å²) in [5.41, 5.74) is 2.16. The Bertz CT molecular complexity index is 500. The Balaban J connectivity index is 2.55. The third kappa shape index (κ3) is 5.55. The van der Waals surface area contributed by atoms with Gasteiger partial charge >= 0.3 is 6.03 Å². The molecule has 0 radical (unpaired) electrons. The molecule has 2 amide bonds. The van der Waals surface area contributed by atoms with Crippen molar-refractivity contribution in [3.05, 3.63) is 29.3 Å². The maximum absolute atomic E-state index is 11.8. The van der Waals surface area contributed by atoms with Crippen molar-refractivity contribution in [2.75, 3.05) is 18.5 Å². The van der Waals surface area contributed by atoms with E-state index in [-0.39, 0.29) is 24.3 Å². The lowest BCUT2D eigenvalue weighted by molar-refractivity contribution is 0.101. The minimum Gasteiger partial charge on any atom is -0.396 e. The summed E-state index contributed by atoms with van der Waals surface area (Å²) in [6.45, 7) is 6.06. The van der Waals surface area contributed by atoms with Crippen molar-refractivity contribution in [2.45, 2.75) is 33.6 Å². The number of hydrogen-bond donors (Lipinski definition) is 3. The van der Waals surface area contributed by atoms with Gasteiger partial charge in [-0.05, 0) is 49.9 Å². The van der Waals surface area contributed by atoms with E-state index in [4.69, 9.17) is 5.11 Å². The number of aliphatic hydroxyl groups is 1. The molecule has 3 N–H and O–H groups in total. The molecule has 1 aromatic carbocycles. The van der Waals surface area contributed by atoms with Gasteiger partial charge in [0.05, 0.1) is 0 Å². The van der Waals surface area contributed by atoms with Crippen LogP contribution in [0.1, 0.15) is 42.6 Å². The van der Waals surface area contributed by atoms with E-state index in [0.29, 0.717) is 24.2 Å². The molecule has 1 rings (SSSR count). The van der Waals surface area contributed by atoms with Gasteiger partial charge in [0, 0.05) is 24.4 Å². The summed E-state index contributed by atoms with van der Waals surface area (Å²) in [5.74, 6) is 0.292. The zero-order valence-electron chi connectivity index (χ0n) is 12.9. The van der Waals surface area contributed by atoms with Crippen LogP contribution in [-0.4, -0.2) is 30.1 Å². The van der Waals surface area contributed by atoms with E-state index in [0.717, 1.165) is 12.0 Å². The molecule has 0 fully saturated rings. The Kier molecular flexibility index (Phi) is 6.88. The highest BCUT2D eigenvalue weighted by Gasteiger charge is 2.09. The second kappa shape index (κ2) is 8.42. The number of aryl methyl sites for hydroxylation is 1. The minimum atomic E-state index is -0.277. The lowest BCUT2D eigenvalue weighted by Gasteiger charge is -2.15. The first-order chi connectivity index (χ1) is 9.97. The maximum Gasteiger partial charge on any atom is 0.319 e. The first-order valence-corrected chi connectivity index (χ1v) is 7.25. The topological polar surface area (TPSA) is 78.4 Å². The molecule has 0 aromatic heterocycles. The van der Waals surface area contributed by atoms with Gasteiger partial charge in [0.1, 0.15) is 0 Å². The van der Waals surface area contributed by atoms with Crippen molar-refractivity contribution in [3.63, 3.8) is 0 Å². The van der Waals surface area contributed by atoms with Crippen LogP contribution in [0.15, 0.2) is 18.2 Å². The van der Waals surface area contributed by atoms with Gasteiger partial charge in [0.2, 0.25) is 0 Å². The van der Waals surface area contributed by atoms with E-state index in [1.807, 2.05) is 13.8 Å². The van der Waals surface area contributed by atoms with E-state index in [9.17, 15) is 9.59 Å². The molecular weight excluding hydrogens is 268 g/mol. The predicted molar refractivity (Wildman–Crippen MR) is 83.7 cm³/mol. The molecule has 0 saturated carbocycles. The number of nitrogens with one attached hydrogen (secondary N) is 2. The number of Topliss-reactive ketones (excluding diaryl/α,β-unsaturated/α-hetero) is 1. The molecule has 5 heteroatoms. The van der Waals surface area contributed by atoms with E-state index >= 15 is 0 Å². The van der Waals surface area contributed by atoms with Gasteiger partial charge in [-0.15, -0.1) is 0 Å². The fourth-order valence-electron chi connectivity index (χ4n) is 2.18. The van der Waals surface area contributed by atoms with Crippen molar-refractivity contribution in [2.24, 2.45) is 5.92 Å². The summed E-state index contributed by atoms with van der Waals surface area (Å²) in [4.78, 5) is 23.2. The number of urea groups is 1. The normalized spacial score (nSPS) is 11.8. The standard InChI is InChI=1S/C16H24N2O3/c1-4-13(7-8-19)10-17-16(21)18-14-5-6-15(12(3)20)11(2)9-14/h5-6,9,13,19H,4,7-8,10H2,1-3H3,(H2,17,18,21). The van der Waals surface area contributed by atoms with Gasteiger partial charge in [-0.3, -0.25) is 4.79 Å². The Morgan fingerprint density at radius 3 is 2.57 bits per heavy atom. The predicted octanol–water partition coefficient (Wildman–Crippen LogP) is 2.73. The molecular formula is C16H24N2O3. The number of ketones is 1. The van der Waals surface area contributed by atoms with Crippen LogP contribution in [0.4, 0.5) is 10.5 Å². The number of carbonyl (C=O) groups is 2. The number of aliphatic hydroxyl groups excluding tert-OH is 1. The van der Waals surface area contributed by atoms with Crippen molar-refractivity contribution in [3.8, 4) is 0 Å². The summed E-state index contributed by atoms with van der Waals surface area (Å²) >= 11 is 0. The second-order valence-electron chi connectivity index (χ2n) is 5.21. The summed E-state index contributed by atoms with van der Waals surface area (Å²) in [5, 5.41) is 14.5. The molecule has 1 aromatic rings. The highest BCUT2D eigenvalue weighted by Crippen LogP contribution is 2.15. The minimum absolute atomic E-state index is 0.0123. The average Bonchev–Trinajstić information content (AvgIpc) is 2.43. The number of anilines is 1. The molecule has 0 saturated heterocycles. The van der Waals surface area contributed by atoms with Crippen LogP contribution in [-0.2, 0) is 0 Å². The molecule has 0 aliphatic carbocycles. The van der Waals surface area contributed by atoms with Crippen molar-refractivity contribution < 1.29 is 14.7 Å². The van der Waals surface area contributed by atoms with Gasteiger partial charge in [-0.1, -0.05) is 13.3 Å². The van der Waals surface area contributed by atoms with Crippen LogP contribution in [0, 0.1) is 12.8 Å². The monoisotopic (exact) mass is 292 g/mol. The molecule has 5 nitrogen and oxygen atoms in total. The summed E-state index contributed by atoms with van der Waals surface area (Å²) in [7, 11) is 0. The maximum atomic E-state index is 11.8. The third-order valence-electron chi connectivity index (χ3n) is 3.53. The summed E-state index contributed by atoms with van der Waals surface area (Å²) in [6, 6.07) is 4.94. The van der Waals surface area contributed by atoms with Gasteiger partial charge in [0.15, 0.2) is 5.78 Å². The molecule has 0 aliphatic heterocycles. The largest absolute Gasteiger partial charge is 0.396 e. The van der Waals surface area contributed by atoms with Gasteiger partial charge in [-0.2, -0.15) is 0 Å². The van der Waals surface area contributed by atoms with Crippen LogP contribution >= 0.6 is 0 Å². The molecule has 1 unspecified atom stereocenters. The van der Waals surface area contributed by atoms with Crippen molar-refractivity contribution in [1.29, 1.82) is 0 Å². The Hall–Kier alpha value is -1.88. The average molecular weight is 292 g/mol. The zero-order chi connectivity index (χ0) is 15.8. The number of amides is 2. The molecule has 21 heavy (non-hydrogen) atoms. The van der Waals surface area contributed by atoms with E-state index < -0.39 is 0 Å². The lowest BCUT2D eigenvalue weighted by Crippen LogP contribution is -2.33. The Morgan fingerprint density at radius 1 is 1.33 bits per heavy atom. The van der Waals surface area contributed by atoms with E-state index in [1.54, 1.807) is 18.2 Å². The number of benzene rings is 1. The first kappa shape index (κ1) is 17.2. The van der Waals surface area contributed by atoms with Crippen LogP contribution in [0.5, 0.6) is 0 Å². The Morgan fingerprint density at radius 2 is 2.05 bits per heavy atom. The van der Waals surface area contributed by atoms with Crippen LogP contribution in [0.25, 0.3) is 0 Å². The second-order valence-corrected chi connectivity index (χ2v) is 5.21. The van der Waals surface area contributed by atoms with Crippen molar-refractivity contribution in [1.82, 2.24) is 5.32 Å². The van der Waals surface area contributed by atoms with Crippen LogP contribution in [0.3, 0.4) is 0 Å². The summed E-state index contributed by atoms with van der Waals surface area (Å²) in [6.07, 6.45) is 1.59. The lowest BCUT2D eigenvalue weighted by atomic mass is 10.0. The molecule has 116 valence electrons. The Labute approximate surface area is 125 Å². The highest BCUT2D eigenvalue weighted by atomic mass is 16.3. The van der Waals surface area contributed by atoms with Crippen molar-refractivity contribution >= 4 is 17.5 Å². The SMILES string of the molecule is CCC(CCO)CNC(=O)Nc1ccc(C(C)=O)c(C)c1. The molecule has 0 heterocycles. The van der Waals surface area contributed by atoms with E-state index in [2.05, 4.69) is 10.6 Å². The van der Waals surface area contributed by atoms with Gasteiger partial charge < -0.3 is 15.7 Å².